The summed E-state index contributed by atoms with van der Waals surface area (Å²) in [5, 5.41) is 8.69. The smallest absolute Gasteiger partial charge is 0.254 e. The van der Waals surface area contributed by atoms with Gasteiger partial charge in [-0.15, -0.1) is 0 Å². The van der Waals surface area contributed by atoms with E-state index in [2.05, 4.69) is 17.1 Å². The van der Waals surface area contributed by atoms with Crippen molar-refractivity contribution in [2.24, 2.45) is 0 Å². The van der Waals surface area contributed by atoms with Crippen molar-refractivity contribution in [3.8, 4) is 11.1 Å². The summed E-state index contributed by atoms with van der Waals surface area (Å²) in [6, 6.07) is 12.6. The van der Waals surface area contributed by atoms with Crippen molar-refractivity contribution in [1.29, 1.82) is 0 Å². The lowest BCUT2D eigenvalue weighted by Gasteiger charge is -2.27. The predicted octanol–water partition coefficient (Wildman–Crippen LogP) is 4.98. The molecule has 1 unspecified atom stereocenters. The van der Waals surface area contributed by atoms with Gasteiger partial charge in [0.2, 0.25) is 0 Å². The van der Waals surface area contributed by atoms with E-state index < -0.39 is 0 Å². The zero-order chi connectivity index (χ0) is 23.5. The molecule has 176 valence electrons. The number of rotatable bonds is 5. The van der Waals surface area contributed by atoms with Gasteiger partial charge in [0.1, 0.15) is 5.82 Å². The summed E-state index contributed by atoms with van der Waals surface area (Å²) < 4.78 is 20.3. The van der Waals surface area contributed by atoms with Gasteiger partial charge in [0, 0.05) is 24.2 Å². The van der Waals surface area contributed by atoms with E-state index in [0.717, 1.165) is 30.5 Å². The maximum absolute atomic E-state index is 14.9. The van der Waals surface area contributed by atoms with Gasteiger partial charge in [-0.1, -0.05) is 25.1 Å². The number of halogens is 1. The molecule has 1 atom stereocenters. The highest BCUT2D eigenvalue weighted by molar-refractivity contribution is 5.95. The van der Waals surface area contributed by atoms with Gasteiger partial charge in [0.05, 0.1) is 25.1 Å². The summed E-state index contributed by atoms with van der Waals surface area (Å²) in [7, 11) is 0. The van der Waals surface area contributed by atoms with Crippen LogP contribution in [-0.2, 0) is 24.0 Å². The first-order chi connectivity index (χ1) is 16.6. The van der Waals surface area contributed by atoms with Crippen LogP contribution in [0.15, 0.2) is 48.7 Å². The number of amides is 1. The lowest BCUT2D eigenvalue weighted by Crippen LogP contribution is -2.40. The average molecular weight is 460 g/mol. The number of aryl methyl sites for hydroxylation is 1. The van der Waals surface area contributed by atoms with Crippen LogP contribution in [0.4, 0.5) is 4.39 Å². The minimum absolute atomic E-state index is 0.0393. The molecular weight excluding hydrogens is 429 g/mol. The quantitative estimate of drug-likeness (QED) is 0.540. The molecule has 34 heavy (non-hydrogen) atoms. The highest BCUT2D eigenvalue weighted by Gasteiger charge is 2.21. The number of morpholine rings is 1. The molecule has 3 aromatic rings. The molecular formula is C28H30FN3O2. The molecule has 0 N–H and O–H groups in total. The van der Waals surface area contributed by atoms with E-state index in [4.69, 9.17) is 4.74 Å². The van der Waals surface area contributed by atoms with Crippen LogP contribution in [0.2, 0.25) is 0 Å². The van der Waals surface area contributed by atoms with Crippen molar-refractivity contribution in [2.75, 3.05) is 26.3 Å². The number of nitrogens with zero attached hydrogens (tertiary/aromatic N) is 3. The molecule has 1 aromatic heterocycles. The van der Waals surface area contributed by atoms with Crippen molar-refractivity contribution >= 4 is 5.91 Å². The van der Waals surface area contributed by atoms with Gasteiger partial charge in [-0.05, 0) is 84.5 Å². The minimum atomic E-state index is -0.288. The van der Waals surface area contributed by atoms with E-state index >= 15 is 0 Å². The van der Waals surface area contributed by atoms with Gasteiger partial charge in [0.15, 0.2) is 0 Å². The fourth-order valence-electron chi connectivity index (χ4n) is 5.04. The van der Waals surface area contributed by atoms with Crippen molar-refractivity contribution in [1.82, 2.24) is 15.1 Å². The van der Waals surface area contributed by atoms with Gasteiger partial charge in [-0.3, -0.25) is 4.79 Å². The number of carbonyl (C=O) groups excluding carboxylic acids is 1. The third-order valence-electron chi connectivity index (χ3n) is 7.03. The Morgan fingerprint density at radius 2 is 1.94 bits per heavy atom. The van der Waals surface area contributed by atoms with Crippen LogP contribution in [-0.4, -0.2) is 47.3 Å². The number of hydrogen-bond acceptors (Lipinski definition) is 4. The molecule has 5 nitrogen and oxygen atoms in total. The molecule has 1 aliphatic heterocycles. The first-order valence-corrected chi connectivity index (χ1v) is 12.2. The summed E-state index contributed by atoms with van der Waals surface area (Å²) in [6.07, 6.45) is 7.22. The first-order valence-electron chi connectivity index (χ1n) is 12.2. The van der Waals surface area contributed by atoms with Crippen LogP contribution in [0.1, 0.15) is 58.4 Å². The molecule has 0 saturated carbocycles. The standard InChI is InChI=1S/C28H30FN3O2/c1-19(15-27-24-8-3-2-5-23(24)18-30-31-27)20-9-10-26(29)25(17-20)21-6-4-7-22(16-21)28(33)32-11-13-34-14-12-32/h4,6-7,9-10,16-19H,2-3,5,8,11-15H2,1H3. The summed E-state index contributed by atoms with van der Waals surface area (Å²) >= 11 is 0. The lowest BCUT2D eigenvalue weighted by molar-refractivity contribution is 0.0303. The molecule has 1 fully saturated rings. The highest BCUT2D eigenvalue weighted by atomic mass is 19.1. The number of aromatic nitrogens is 2. The third-order valence-corrected chi connectivity index (χ3v) is 7.03. The normalized spacial score (nSPS) is 16.7. The maximum atomic E-state index is 14.9. The first kappa shape index (κ1) is 22.7. The molecule has 0 spiro atoms. The van der Waals surface area contributed by atoms with E-state index in [1.807, 2.05) is 30.5 Å². The molecule has 1 amide bonds. The second kappa shape index (κ2) is 10.0. The van der Waals surface area contributed by atoms with Crippen LogP contribution in [0, 0.1) is 5.82 Å². The number of fused-ring (bicyclic) bond motifs is 1. The van der Waals surface area contributed by atoms with Crippen molar-refractivity contribution < 1.29 is 13.9 Å². The van der Waals surface area contributed by atoms with Crippen LogP contribution in [0.5, 0.6) is 0 Å². The summed E-state index contributed by atoms with van der Waals surface area (Å²) in [5.74, 6) is -0.161. The molecule has 6 heteroatoms. The van der Waals surface area contributed by atoms with Crippen LogP contribution >= 0.6 is 0 Å². The maximum Gasteiger partial charge on any atom is 0.254 e. The third kappa shape index (κ3) is 4.73. The summed E-state index contributed by atoms with van der Waals surface area (Å²) in [5.41, 5.74) is 6.59. The summed E-state index contributed by atoms with van der Waals surface area (Å²) in [6.45, 7) is 4.41. The van der Waals surface area contributed by atoms with Crippen LogP contribution in [0.3, 0.4) is 0 Å². The van der Waals surface area contributed by atoms with Gasteiger partial charge in [-0.25, -0.2) is 4.39 Å². The Morgan fingerprint density at radius 1 is 1.12 bits per heavy atom. The Hall–Kier alpha value is -3.12. The topological polar surface area (TPSA) is 55.3 Å². The molecule has 2 heterocycles. The predicted molar refractivity (Wildman–Crippen MR) is 129 cm³/mol. The van der Waals surface area contributed by atoms with E-state index in [-0.39, 0.29) is 17.6 Å². The number of carbonyl (C=O) groups is 1. The van der Waals surface area contributed by atoms with E-state index in [1.54, 1.807) is 17.0 Å². The Morgan fingerprint density at radius 3 is 2.79 bits per heavy atom. The number of ether oxygens (including phenoxy) is 1. The van der Waals surface area contributed by atoms with E-state index in [9.17, 15) is 9.18 Å². The minimum Gasteiger partial charge on any atom is -0.378 e. The lowest BCUT2D eigenvalue weighted by atomic mass is 9.87. The molecule has 1 aliphatic carbocycles. The highest BCUT2D eigenvalue weighted by Crippen LogP contribution is 2.31. The van der Waals surface area contributed by atoms with Gasteiger partial charge in [-0.2, -0.15) is 10.2 Å². The number of hydrogen-bond donors (Lipinski definition) is 0. The van der Waals surface area contributed by atoms with Crippen LogP contribution in [0.25, 0.3) is 11.1 Å². The molecule has 5 rings (SSSR count). The zero-order valence-electron chi connectivity index (χ0n) is 19.6. The molecule has 0 radical (unpaired) electrons. The zero-order valence-corrected chi connectivity index (χ0v) is 19.6. The van der Waals surface area contributed by atoms with Crippen LogP contribution < -0.4 is 0 Å². The Balaban J connectivity index is 1.40. The van der Waals surface area contributed by atoms with Crippen molar-refractivity contribution in [3.05, 3.63) is 82.4 Å². The van der Waals surface area contributed by atoms with Crippen molar-refractivity contribution in [3.63, 3.8) is 0 Å². The van der Waals surface area contributed by atoms with Gasteiger partial charge >= 0.3 is 0 Å². The van der Waals surface area contributed by atoms with Gasteiger partial charge in [0.25, 0.3) is 5.91 Å². The molecule has 2 aliphatic rings. The monoisotopic (exact) mass is 459 g/mol. The fourth-order valence-corrected chi connectivity index (χ4v) is 5.04. The van der Waals surface area contributed by atoms with Gasteiger partial charge < -0.3 is 9.64 Å². The largest absolute Gasteiger partial charge is 0.378 e. The van der Waals surface area contributed by atoms with Crippen molar-refractivity contribution in [2.45, 2.75) is 44.9 Å². The Bertz CT molecular complexity index is 1190. The summed E-state index contributed by atoms with van der Waals surface area (Å²) in [4.78, 5) is 14.7. The second-order valence-electron chi connectivity index (χ2n) is 9.33. The molecule has 2 aromatic carbocycles. The van der Waals surface area contributed by atoms with E-state index in [0.29, 0.717) is 43.0 Å². The average Bonchev–Trinajstić information content (AvgIpc) is 2.89. The molecule has 0 bridgehead atoms. The Labute approximate surface area is 200 Å². The fraction of sp³-hybridized carbons (Fsp3) is 0.393. The molecule has 1 saturated heterocycles. The Kier molecular flexibility index (Phi) is 6.68. The SMILES string of the molecule is CC(Cc1nncc2c1CCCC2)c1ccc(F)c(-c2cccc(C(=O)N3CCOCC3)c2)c1. The van der Waals surface area contributed by atoms with E-state index in [1.165, 1.54) is 30.0 Å². The second-order valence-corrected chi connectivity index (χ2v) is 9.33. The number of benzene rings is 2.